The Morgan fingerprint density at radius 3 is 2.58 bits per heavy atom. The SMILES string of the molecule is COc1cc(F)ccc1-c1cccnc1Oc1ccc(C(F)(F)Cn2cccn2)nc1. The van der Waals surface area contributed by atoms with Crippen LogP contribution in [0.5, 0.6) is 17.4 Å². The van der Waals surface area contributed by atoms with Gasteiger partial charge in [-0.05, 0) is 42.5 Å². The van der Waals surface area contributed by atoms with Gasteiger partial charge >= 0.3 is 5.92 Å². The third kappa shape index (κ3) is 4.50. The van der Waals surface area contributed by atoms with Gasteiger partial charge in [-0.1, -0.05) is 0 Å². The van der Waals surface area contributed by atoms with Gasteiger partial charge in [0.1, 0.15) is 29.6 Å². The predicted molar refractivity (Wildman–Crippen MR) is 107 cm³/mol. The number of rotatable bonds is 7. The number of benzene rings is 1. The molecule has 0 saturated heterocycles. The number of nitrogens with zero attached hydrogens (tertiary/aromatic N) is 4. The standard InChI is InChI=1S/C22H17F3N4O2/c1-30-19-12-15(23)5-7-17(19)18-4-2-9-26-21(18)31-16-6-8-20(27-13-16)22(24,25)14-29-11-3-10-28-29/h2-13H,14H2,1H3. The third-order valence-electron chi connectivity index (χ3n) is 4.47. The molecule has 0 saturated carbocycles. The number of hydrogen-bond acceptors (Lipinski definition) is 5. The molecule has 0 aliphatic rings. The van der Waals surface area contributed by atoms with Gasteiger partial charge in [-0.15, -0.1) is 0 Å². The Morgan fingerprint density at radius 1 is 1.00 bits per heavy atom. The zero-order valence-corrected chi connectivity index (χ0v) is 16.4. The minimum Gasteiger partial charge on any atom is -0.496 e. The van der Waals surface area contributed by atoms with Gasteiger partial charge in [-0.25, -0.2) is 9.37 Å². The molecule has 0 radical (unpaired) electrons. The van der Waals surface area contributed by atoms with E-state index < -0.39 is 24.0 Å². The molecule has 0 atom stereocenters. The Morgan fingerprint density at radius 2 is 1.87 bits per heavy atom. The Bertz CT molecular complexity index is 1170. The number of pyridine rings is 2. The number of ether oxygens (including phenoxy) is 2. The Kier molecular flexibility index (Phi) is 5.57. The van der Waals surface area contributed by atoms with Crippen molar-refractivity contribution in [3.8, 4) is 28.5 Å². The van der Waals surface area contributed by atoms with Gasteiger partial charge in [0.25, 0.3) is 0 Å². The summed E-state index contributed by atoms with van der Waals surface area (Å²) >= 11 is 0. The Hall–Kier alpha value is -3.88. The summed E-state index contributed by atoms with van der Waals surface area (Å²) in [6.45, 7) is -0.623. The van der Waals surface area contributed by atoms with Crippen LogP contribution in [-0.2, 0) is 12.5 Å². The average Bonchev–Trinajstić information content (AvgIpc) is 3.27. The van der Waals surface area contributed by atoms with Crippen LogP contribution in [0.4, 0.5) is 13.2 Å². The van der Waals surface area contributed by atoms with Gasteiger partial charge in [0.2, 0.25) is 5.88 Å². The van der Waals surface area contributed by atoms with Crippen molar-refractivity contribution in [3.63, 3.8) is 0 Å². The Balaban J connectivity index is 1.58. The maximum atomic E-state index is 14.5. The summed E-state index contributed by atoms with van der Waals surface area (Å²) in [6, 6.07) is 11.7. The lowest BCUT2D eigenvalue weighted by Crippen LogP contribution is -2.23. The molecule has 0 unspecified atom stereocenters. The second kappa shape index (κ2) is 8.47. The van der Waals surface area contributed by atoms with Gasteiger partial charge in [-0.2, -0.15) is 13.9 Å². The number of methoxy groups -OCH3 is 1. The summed E-state index contributed by atoms with van der Waals surface area (Å²) in [5.74, 6) is -2.92. The van der Waals surface area contributed by atoms with Crippen molar-refractivity contribution in [2.75, 3.05) is 7.11 Å². The van der Waals surface area contributed by atoms with Crippen LogP contribution in [0, 0.1) is 5.82 Å². The van der Waals surface area contributed by atoms with E-state index in [1.54, 1.807) is 24.3 Å². The molecule has 0 aliphatic carbocycles. The molecule has 3 aromatic heterocycles. The molecule has 0 spiro atoms. The summed E-state index contributed by atoms with van der Waals surface area (Å²) in [5.41, 5.74) is 0.714. The summed E-state index contributed by atoms with van der Waals surface area (Å²) < 4.78 is 54.6. The molecule has 0 aliphatic heterocycles. The maximum absolute atomic E-state index is 14.5. The topological polar surface area (TPSA) is 62.1 Å². The van der Waals surface area contributed by atoms with E-state index in [1.807, 2.05) is 0 Å². The quantitative estimate of drug-likeness (QED) is 0.413. The van der Waals surface area contributed by atoms with Crippen LogP contribution < -0.4 is 9.47 Å². The molecule has 31 heavy (non-hydrogen) atoms. The minimum atomic E-state index is -3.21. The highest BCUT2D eigenvalue weighted by atomic mass is 19.3. The number of hydrogen-bond donors (Lipinski definition) is 0. The van der Waals surface area contributed by atoms with Crippen molar-refractivity contribution in [2.24, 2.45) is 0 Å². The van der Waals surface area contributed by atoms with E-state index in [2.05, 4.69) is 15.1 Å². The van der Waals surface area contributed by atoms with E-state index in [0.717, 1.165) is 4.68 Å². The van der Waals surface area contributed by atoms with Gasteiger partial charge in [0, 0.05) is 35.8 Å². The molecule has 158 valence electrons. The first-order chi connectivity index (χ1) is 15.0. The lowest BCUT2D eigenvalue weighted by atomic mass is 10.1. The van der Waals surface area contributed by atoms with Crippen LogP contribution in [0.15, 0.2) is 73.3 Å². The fourth-order valence-electron chi connectivity index (χ4n) is 3.01. The molecule has 6 nitrogen and oxygen atoms in total. The molecule has 4 rings (SSSR count). The number of alkyl halides is 2. The fraction of sp³-hybridized carbons (Fsp3) is 0.136. The van der Waals surface area contributed by atoms with Gasteiger partial charge < -0.3 is 9.47 Å². The molecule has 0 N–H and O–H groups in total. The van der Waals surface area contributed by atoms with Crippen LogP contribution in [0.2, 0.25) is 0 Å². The zero-order chi connectivity index (χ0) is 21.8. The molecule has 0 fully saturated rings. The van der Waals surface area contributed by atoms with Crippen LogP contribution in [0.3, 0.4) is 0 Å². The van der Waals surface area contributed by atoms with Crippen LogP contribution >= 0.6 is 0 Å². The second-order valence-electron chi connectivity index (χ2n) is 6.59. The van der Waals surface area contributed by atoms with Crippen molar-refractivity contribution >= 4 is 0 Å². The fourth-order valence-corrected chi connectivity index (χ4v) is 3.01. The minimum absolute atomic E-state index is 0.199. The lowest BCUT2D eigenvalue weighted by Gasteiger charge is -2.16. The maximum Gasteiger partial charge on any atom is 0.308 e. The summed E-state index contributed by atoms with van der Waals surface area (Å²) in [7, 11) is 1.43. The second-order valence-corrected chi connectivity index (χ2v) is 6.59. The summed E-state index contributed by atoms with van der Waals surface area (Å²) in [6.07, 6.45) is 5.61. The van der Waals surface area contributed by atoms with Crippen molar-refractivity contribution < 1.29 is 22.6 Å². The van der Waals surface area contributed by atoms with E-state index >= 15 is 0 Å². The highest BCUT2D eigenvalue weighted by Gasteiger charge is 2.34. The summed E-state index contributed by atoms with van der Waals surface area (Å²) in [5, 5.41) is 3.80. The van der Waals surface area contributed by atoms with Crippen molar-refractivity contribution in [2.45, 2.75) is 12.5 Å². The number of aromatic nitrogens is 4. The van der Waals surface area contributed by atoms with Gasteiger partial charge in [0.15, 0.2) is 0 Å². The molecule has 9 heteroatoms. The molecule has 3 heterocycles. The van der Waals surface area contributed by atoms with Crippen molar-refractivity contribution in [3.05, 3.63) is 84.8 Å². The van der Waals surface area contributed by atoms with E-state index in [0.29, 0.717) is 16.9 Å². The average molecular weight is 426 g/mol. The monoisotopic (exact) mass is 426 g/mol. The van der Waals surface area contributed by atoms with Crippen molar-refractivity contribution in [1.29, 1.82) is 0 Å². The molecular weight excluding hydrogens is 409 g/mol. The molecular formula is C22H17F3N4O2. The zero-order valence-electron chi connectivity index (χ0n) is 16.4. The first-order valence-electron chi connectivity index (χ1n) is 9.25. The first-order valence-corrected chi connectivity index (χ1v) is 9.25. The molecule has 4 aromatic rings. The smallest absolute Gasteiger partial charge is 0.308 e. The van der Waals surface area contributed by atoms with E-state index in [-0.39, 0.29) is 11.6 Å². The summed E-state index contributed by atoms with van der Waals surface area (Å²) in [4.78, 5) is 8.07. The first kappa shape index (κ1) is 20.4. The third-order valence-corrected chi connectivity index (χ3v) is 4.47. The largest absolute Gasteiger partial charge is 0.496 e. The van der Waals surface area contributed by atoms with Crippen LogP contribution in [0.1, 0.15) is 5.69 Å². The molecule has 0 amide bonds. The number of halogens is 3. The van der Waals surface area contributed by atoms with E-state index in [9.17, 15) is 13.2 Å². The lowest BCUT2D eigenvalue weighted by molar-refractivity contribution is -0.0296. The molecule has 0 bridgehead atoms. The van der Waals surface area contributed by atoms with Crippen molar-refractivity contribution in [1.82, 2.24) is 19.7 Å². The van der Waals surface area contributed by atoms with Gasteiger partial charge in [0.05, 0.1) is 13.3 Å². The van der Waals surface area contributed by atoms with Gasteiger partial charge in [-0.3, -0.25) is 9.67 Å². The molecule has 1 aromatic carbocycles. The highest BCUT2D eigenvalue weighted by Crippen LogP contribution is 2.37. The van der Waals surface area contributed by atoms with Crippen LogP contribution in [0.25, 0.3) is 11.1 Å². The predicted octanol–water partition coefficient (Wildman–Crippen LogP) is 5.07. The van der Waals surface area contributed by atoms with Crippen LogP contribution in [-0.4, -0.2) is 26.9 Å². The Labute approximate surface area is 175 Å². The highest BCUT2D eigenvalue weighted by molar-refractivity contribution is 5.74. The van der Waals surface area contributed by atoms with E-state index in [1.165, 1.54) is 56.2 Å². The van der Waals surface area contributed by atoms with E-state index in [4.69, 9.17) is 9.47 Å². The normalized spacial score (nSPS) is 11.4.